The first-order valence-electron chi connectivity index (χ1n) is 14.0. The second kappa shape index (κ2) is 9.07. The van der Waals surface area contributed by atoms with Crippen molar-refractivity contribution in [3.63, 3.8) is 0 Å². The second-order valence-electron chi connectivity index (χ2n) is 13.0. The van der Waals surface area contributed by atoms with Gasteiger partial charge < -0.3 is 5.11 Å². The van der Waals surface area contributed by atoms with E-state index in [1.54, 1.807) is 6.42 Å². The molecule has 0 saturated heterocycles. The van der Waals surface area contributed by atoms with E-state index in [1.165, 1.54) is 77.0 Å². The summed E-state index contributed by atoms with van der Waals surface area (Å²) >= 11 is 0. The van der Waals surface area contributed by atoms with Crippen LogP contribution in [-0.4, -0.2) is 11.2 Å². The molecule has 0 aromatic heterocycles. The van der Waals surface area contributed by atoms with Crippen molar-refractivity contribution in [2.45, 2.75) is 131 Å². The molecular weight excluding hydrogens is 364 g/mol. The Morgan fingerprint density at radius 1 is 0.800 bits per heavy atom. The van der Waals surface area contributed by atoms with Crippen LogP contribution >= 0.6 is 0 Å². The Balaban J connectivity index is 1.41. The van der Waals surface area contributed by atoms with E-state index in [1.807, 2.05) is 0 Å². The molecule has 4 saturated carbocycles. The molecule has 10 atom stereocenters. The third-order valence-electron chi connectivity index (χ3n) is 11.7. The fourth-order valence-corrected chi connectivity index (χ4v) is 9.84. The highest BCUT2D eigenvalue weighted by molar-refractivity contribution is 5.09. The molecule has 4 fully saturated rings. The van der Waals surface area contributed by atoms with Crippen LogP contribution in [0.4, 0.5) is 0 Å². The van der Waals surface area contributed by atoms with Gasteiger partial charge in [-0.1, -0.05) is 53.9 Å². The van der Waals surface area contributed by atoms with Gasteiger partial charge in [-0.05, 0) is 123 Å². The van der Waals surface area contributed by atoms with Crippen LogP contribution in [0.2, 0.25) is 0 Å². The molecule has 30 heavy (non-hydrogen) atoms. The SMILES string of the molecule is CCCC(C)C(O)CC[C@@H](C)[C@H]1CC[C@H]2[C@@H]3CCC4CCCC[C@]4(C)[C@H]3CC[C@]12C. The molecule has 0 aromatic carbocycles. The number of rotatable bonds is 7. The lowest BCUT2D eigenvalue weighted by Gasteiger charge is -2.61. The predicted octanol–water partition coefficient (Wildman–Crippen LogP) is 8.25. The van der Waals surface area contributed by atoms with Gasteiger partial charge in [-0.2, -0.15) is 0 Å². The smallest absolute Gasteiger partial charge is 0.0565 e. The van der Waals surface area contributed by atoms with E-state index < -0.39 is 0 Å². The molecule has 0 aliphatic heterocycles. The summed E-state index contributed by atoms with van der Waals surface area (Å²) < 4.78 is 0. The lowest BCUT2D eigenvalue weighted by Crippen LogP contribution is -2.53. The first kappa shape index (κ1) is 23.1. The standard InChI is InChI=1S/C29H52O/c1-6-9-21(3)27(30)16-11-20(2)24-14-15-25-23-13-12-22-10-7-8-18-28(22,4)26(23)17-19-29(24,25)5/h20-27,30H,6-19H2,1-5H3/t20-,21?,22?,23+,24-,25+,26+,27?,28+,29-/m1/s1. The maximum absolute atomic E-state index is 10.6. The first-order chi connectivity index (χ1) is 14.3. The van der Waals surface area contributed by atoms with E-state index in [2.05, 4.69) is 34.6 Å². The summed E-state index contributed by atoms with van der Waals surface area (Å²) in [7, 11) is 0. The van der Waals surface area contributed by atoms with E-state index in [0.717, 1.165) is 41.9 Å². The van der Waals surface area contributed by atoms with Crippen LogP contribution in [0, 0.1) is 52.3 Å². The zero-order valence-corrected chi connectivity index (χ0v) is 21.0. The highest BCUT2D eigenvalue weighted by Crippen LogP contribution is 2.68. The van der Waals surface area contributed by atoms with Crippen LogP contribution < -0.4 is 0 Å². The van der Waals surface area contributed by atoms with Gasteiger partial charge in [0.1, 0.15) is 0 Å². The molecule has 4 rings (SSSR count). The Morgan fingerprint density at radius 2 is 1.57 bits per heavy atom. The summed E-state index contributed by atoms with van der Waals surface area (Å²) in [5, 5.41) is 10.6. The summed E-state index contributed by atoms with van der Waals surface area (Å²) in [5.74, 6) is 6.23. The van der Waals surface area contributed by atoms with Gasteiger partial charge in [0, 0.05) is 0 Å². The molecule has 0 heterocycles. The predicted molar refractivity (Wildman–Crippen MR) is 128 cm³/mol. The monoisotopic (exact) mass is 416 g/mol. The van der Waals surface area contributed by atoms with Gasteiger partial charge in [0.15, 0.2) is 0 Å². The third-order valence-corrected chi connectivity index (χ3v) is 11.7. The summed E-state index contributed by atoms with van der Waals surface area (Å²) in [6, 6.07) is 0. The maximum Gasteiger partial charge on any atom is 0.0565 e. The van der Waals surface area contributed by atoms with Crippen molar-refractivity contribution in [1.29, 1.82) is 0 Å². The normalized spacial score (nSPS) is 46.4. The average molecular weight is 417 g/mol. The van der Waals surface area contributed by atoms with E-state index in [0.29, 0.717) is 16.7 Å². The second-order valence-corrected chi connectivity index (χ2v) is 13.0. The van der Waals surface area contributed by atoms with E-state index >= 15 is 0 Å². The largest absolute Gasteiger partial charge is 0.393 e. The van der Waals surface area contributed by atoms with Gasteiger partial charge in [0.2, 0.25) is 0 Å². The molecule has 0 spiro atoms. The summed E-state index contributed by atoms with van der Waals surface area (Å²) in [5.41, 5.74) is 1.25. The van der Waals surface area contributed by atoms with Crippen LogP contribution in [0.5, 0.6) is 0 Å². The van der Waals surface area contributed by atoms with Gasteiger partial charge >= 0.3 is 0 Å². The third kappa shape index (κ3) is 3.92. The minimum absolute atomic E-state index is 0.0883. The quantitative estimate of drug-likeness (QED) is 0.443. The topological polar surface area (TPSA) is 20.2 Å². The highest BCUT2D eigenvalue weighted by atomic mass is 16.3. The van der Waals surface area contributed by atoms with Crippen molar-refractivity contribution >= 4 is 0 Å². The number of aliphatic hydroxyl groups is 1. The van der Waals surface area contributed by atoms with E-state index in [4.69, 9.17) is 0 Å². The lowest BCUT2D eigenvalue weighted by atomic mass is 9.44. The Hall–Kier alpha value is -0.0400. The Labute approximate surface area is 188 Å². The lowest BCUT2D eigenvalue weighted by molar-refractivity contribution is -0.114. The molecule has 174 valence electrons. The maximum atomic E-state index is 10.6. The number of aliphatic hydroxyl groups excluding tert-OH is 1. The van der Waals surface area contributed by atoms with Gasteiger partial charge in [-0.25, -0.2) is 0 Å². The van der Waals surface area contributed by atoms with Crippen LogP contribution in [0.3, 0.4) is 0 Å². The molecule has 4 aliphatic carbocycles. The fraction of sp³-hybridized carbons (Fsp3) is 1.00. The van der Waals surface area contributed by atoms with Crippen LogP contribution in [0.25, 0.3) is 0 Å². The van der Waals surface area contributed by atoms with Crippen molar-refractivity contribution in [1.82, 2.24) is 0 Å². The zero-order valence-electron chi connectivity index (χ0n) is 21.0. The van der Waals surface area contributed by atoms with Crippen molar-refractivity contribution in [2.75, 3.05) is 0 Å². The number of hydrogen-bond donors (Lipinski definition) is 1. The van der Waals surface area contributed by atoms with Crippen molar-refractivity contribution in [2.24, 2.45) is 52.3 Å². The number of fused-ring (bicyclic) bond motifs is 5. The van der Waals surface area contributed by atoms with Crippen LogP contribution in [0.1, 0.15) is 125 Å². The van der Waals surface area contributed by atoms with Gasteiger partial charge in [0.25, 0.3) is 0 Å². The van der Waals surface area contributed by atoms with Gasteiger partial charge in [0.05, 0.1) is 6.10 Å². The summed E-state index contributed by atoms with van der Waals surface area (Å²) in [4.78, 5) is 0. The molecule has 1 N–H and O–H groups in total. The van der Waals surface area contributed by atoms with Crippen LogP contribution in [0.15, 0.2) is 0 Å². The molecule has 0 aromatic rings. The summed E-state index contributed by atoms with van der Waals surface area (Å²) in [6.07, 6.45) is 19.6. The number of hydrogen-bond acceptors (Lipinski definition) is 1. The molecule has 0 bridgehead atoms. The molecule has 0 radical (unpaired) electrons. The first-order valence-corrected chi connectivity index (χ1v) is 14.0. The van der Waals surface area contributed by atoms with Gasteiger partial charge in [-0.3, -0.25) is 0 Å². The van der Waals surface area contributed by atoms with Gasteiger partial charge in [-0.15, -0.1) is 0 Å². The molecule has 1 heteroatoms. The molecule has 3 unspecified atom stereocenters. The molecule has 0 amide bonds. The molecule has 1 nitrogen and oxygen atoms in total. The van der Waals surface area contributed by atoms with Crippen molar-refractivity contribution < 1.29 is 5.11 Å². The van der Waals surface area contributed by atoms with E-state index in [9.17, 15) is 5.11 Å². The Morgan fingerprint density at radius 3 is 2.33 bits per heavy atom. The summed E-state index contributed by atoms with van der Waals surface area (Å²) in [6.45, 7) is 12.4. The van der Waals surface area contributed by atoms with E-state index in [-0.39, 0.29) is 6.10 Å². The zero-order chi connectivity index (χ0) is 21.5. The highest BCUT2D eigenvalue weighted by Gasteiger charge is 2.60. The fourth-order valence-electron chi connectivity index (χ4n) is 9.84. The van der Waals surface area contributed by atoms with Crippen molar-refractivity contribution in [3.8, 4) is 0 Å². The minimum atomic E-state index is -0.0883. The average Bonchev–Trinajstić information content (AvgIpc) is 3.08. The van der Waals surface area contributed by atoms with Crippen molar-refractivity contribution in [3.05, 3.63) is 0 Å². The molecule has 4 aliphatic rings. The molecular formula is C29H52O. The van der Waals surface area contributed by atoms with Crippen LogP contribution in [-0.2, 0) is 0 Å². The minimum Gasteiger partial charge on any atom is -0.393 e. The Kier molecular flexibility index (Phi) is 6.99. The Bertz CT molecular complexity index is 571.